The molecule has 0 radical (unpaired) electrons. The maximum Gasteiger partial charge on any atom is 0.320 e. The van der Waals surface area contributed by atoms with Gasteiger partial charge in [0.05, 0.1) is 96.2 Å². The van der Waals surface area contributed by atoms with Crippen molar-refractivity contribution in [3.8, 4) is 29.5 Å². The van der Waals surface area contributed by atoms with Crippen molar-refractivity contribution in [2.45, 2.75) is 45.8 Å². The van der Waals surface area contributed by atoms with Crippen molar-refractivity contribution < 1.29 is 48.8 Å². The summed E-state index contributed by atoms with van der Waals surface area (Å²) in [4.78, 5) is 45.8. The first-order chi connectivity index (χ1) is 48.1. The minimum absolute atomic E-state index is 0.0178. The highest BCUT2D eigenvalue weighted by atomic mass is 16.5. The molecule has 3 aromatic carbocycles. The van der Waals surface area contributed by atoms with Crippen LogP contribution in [-0.4, -0.2) is 183 Å². The SMILES string of the molecule is CCc1cccc(C=NNc2cc(N3CCOCC3)nc(OCC(O)c3ccccn3)n2)c1.Cc1cccc(C=NNc2cc(N3CCOCC3)nc(OCCc3ccc(O)cn3)n2)c1.OCc1cccc(C=NNc2cc(N3CCOCC3)nc(OCCc3ccc(O)cn3)n2)c1. The number of hydrogen-bond acceptors (Lipinski definition) is 28. The van der Waals surface area contributed by atoms with Crippen molar-refractivity contribution in [2.75, 3.05) is 130 Å². The molecule has 510 valence electrons. The molecule has 9 heterocycles. The number of hydrazone groups is 3. The van der Waals surface area contributed by atoms with E-state index < -0.39 is 6.10 Å². The van der Waals surface area contributed by atoms with Crippen LogP contribution in [0, 0.1) is 6.92 Å². The lowest BCUT2D eigenvalue weighted by Gasteiger charge is -2.28. The molecule has 0 bridgehead atoms. The molecule has 6 aromatic heterocycles. The van der Waals surface area contributed by atoms with Crippen LogP contribution in [0.25, 0.3) is 0 Å². The topological polar surface area (TPSA) is 335 Å². The number of aromatic hydroxyl groups is 2. The summed E-state index contributed by atoms with van der Waals surface area (Å²) < 4.78 is 33.7. The second-order valence-corrected chi connectivity index (χ2v) is 22.3. The first kappa shape index (κ1) is 69.8. The smallest absolute Gasteiger partial charge is 0.320 e. The lowest BCUT2D eigenvalue weighted by atomic mass is 10.1. The van der Waals surface area contributed by atoms with Crippen LogP contribution in [0.3, 0.4) is 0 Å². The zero-order valence-corrected chi connectivity index (χ0v) is 54.6. The molecule has 0 amide bonds. The molecule has 3 fully saturated rings. The van der Waals surface area contributed by atoms with Crippen molar-refractivity contribution in [1.82, 2.24) is 44.9 Å². The van der Waals surface area contributed by atoms with Crippen LogP contribution < -0.4 is 45.2 Å². The zero-order valence-electron chi connectivity index (χ0n) is 54.6. The van der Waals surface area contributed by atoms with Crippen molar-refractivity contribution >= 4 is 53.6 Å². The minimum Gasteiger partial charge on any atom is -0.506 e. The van der Waals surface area contributed by atoms with Gasteiger partial charge in [-0.25, -0.2) is 0 Å². The summed E-state index contributed by atoms with van der Waals surface area (Å²) in [5.41, 5.74) is 17.1. The molecule has 28 heteroatoms. The van der Waals surface area contributed by atoms with E-state index in [0.717, 1.165) is 91.0 Å². The Morgan fingerprint density at radius 2 is 0.939 bits per heavy atom. The van der Waals surface area contributed by atoms with Gasteiger partial charge in [0, 0.05) is 87.9 Å². The fraction of sp³-hybridized carbons (Fsp3) is 0.314. The summed E-state index contributed by atoms with van der Waals surface area (Å²) in [5.74, 6) is 4.00. The van der Waals surface area contributed by atoms with E-state index in [1.165, 1.54) is 23.5 Å². The molecule has 12 rings (SSSR count). The second kappa shape index (κ2) is 37.3. The molecule has 7 N–H and O–H groups in total. The molecular formula is C70H80N18O10. The maximum absolute atomic E-state index is 10.4. The predicted octanol–water partition coefficient (Wildman–Crippen LogP) is 7.59. The Labute approximate surface area is 567 Å². The molecule has 98 heavy (non-hydrogen) atoms. The van der Waals surface area contributed by atoms with Crippen molar-refractivity contribution in [3.63, 3.8) is 0 Å². The van der Waals surface area contributed by atoms with E-state index in [4.69, 9.17) is 28.4 Å². The first-order valence-electron chi connectivity index (χ1n) is 32.2. The summed E-state index contributed by atoms with van der Waals surface area (Å²) in [6.07, 6.45) is 10.8. The van der Waals surface area contributed by atoms with Gasteiger partial charge in [0.1, 0.15) is 41.7 Å². The Hall–Kier alpha value is -11.0. The van der Waals surface area contributed by atoms with E-state index in [0.29, 0.717) is 94.7 Å². The largest absolute Gasteiger partial charge is 0.506 e. The zero-order chi connectivity index (χ0) is 67.9. The van der Waals surface area contributed by atoms with Gasteiger partial charge >= 0.3 is 18.0 Å². The van der Waals surface area contributed by atoms with E-state index in [2.05, 4.69) is 116 Å². The lowest BCUT2D eigenvalue weighted by Crippen LogP contribution is -2.36. The Morgan fingerprint density at radius 1 is 0.500 bits per heavy atom. The highest BCUT2D eigenvalue weighted by molar-refractivity contribution is 5.81. The monoisotopic (exact) mass is 1330 g/mol. The minimum atomic E-state index is -0.887. The molecule has 3 aliphatic rings. The number of pyridine rings is 3. The lowest BCUT2D eigenvalue weighted by molar-refractivity contribution is 0.0989. The number of morpholine rings is 3. The first-order valence-corrected chi connectivity index (χ1v) is 32.2. The Bertz CT molecular complexity index is 3990. The van der Waals surface area contributed by atoms with Crippen LogP contribution in [0.1, 0.15) is 63.5 Å². The average Bonchev–Trinajstić information content (AvgIpc) is 0.891. The number of nitrogens with one attached hydrogen (secondary N) is 3. The summed E-state index contributed by atoms with van der Waals surface area (Å²) >= 11 is 0. The number of aliphatic hydroxyl groups is 2. The number of aliphatic hydroxyl groups excluding tert-OH is 2. The molecule has 1 unspecified atom stereocenters. The number of ether oxygens (including phenoxy) is 6. The van der Waals surface area contributed by atoms with E-state index in [-0.39, 0.29) is 42.7 Å². The van der Waals surface area contributed by atoms with Crippen LogP contribution in [0.4, 0.5) is 34.9 Å². The fourth-order valence-corrected chi connectivity index (χ4v) is 9.84. The van der Waals surface area contributed by atoms with Gasteiger partial charge in [0.2, 0.25) is 0 Å². The summed E-state index contributed by atoms with van der Waals surface area (Å²) in [6.45, 7) is 13.0. The van der Waals surface area contributed by atoms with Crippen LogP contribution in [0.2, 0.25) is 0 Å². The van der Waals surface area contributed by atoms with Gasteiger partial charge in [0.25, 0.3) is 0 Å². The molecule has 3 aliphatic heterocycles. The van der Waals surface area contributed by atoms with Crippen LogP contribution in [0.15, 0.2) is 167 Å². The maximum atomic E-state index is 10.4. The normalized spacial score (nSPS) is 14.3. The van der Waals surface area contributed by atoms with Crippen LogP contribution in [-0.2, 0) is 40.1 Å². The number of aromatic nitrogens is 9. The van der Waals surface area contributed by atoms with E-state index in [1.54, 1.807) is 61.2 Å². The number of benzene rings is 3. The van der Waals surface area contributed by atoms with Crippen molar-refractivity contribution in [1.29, 1.82) is 0 Å². The van der Waals surface area contributed by atoms with E-state index in [9.17, 15) is 20.4 Å². The molecule has 0 saturated carbocycles. The van der Waals surface area contributed by atoms with E-state index in [1.807, 2.05) is 85.8 Å². The summed E-state index contributed by atoms with van der Waals surface area (Å²) in [6, 6.07) is 42.0. The Morgan fingerprint density at radius 3 is 1.36 bits per heavy atom. The fourth-order valence-electron chi connectivity index (χ4n) is 9.84. The number of aryl methyl sites for hydroxylation is 2. The van der Waals surface area contributed by atoms with Gasteiger partial charge in [-0.15, -0.1) is 0 Å². The second-order valence-electron chi connectivity index (χ2n) is 22.3. The number of nitrogens with zero attached hydrogens (tertiary/aromatic N) is 15. The van der Waals surface area contributed by atoms with Gasteiger partial charge in [0.15, 0.2) is 17.5 Å². The highest BCUT2D eigenvalue weighted by Crippen LogP contribution is 2.25. The third-order valence-electron chi connectivity index (χ3n) is 15.0. The molecule has 0 spiro atoms. The highest BCUT2D eigenvalue weighted by Gasteiger charge is 2.20. The van der Waals surface area contributed by atoms with Crippen molar-refractivity contribution in [2.24, 2.45) is 15.3 Å². The molecule has 9 aromatic rings. The third kappa shape index (κ3) is 22.8. The van der Waals surface area contributed by atoms with Crippen LogP contribution >= 0.6 is 0 Å². The van der Waals surface area contributed by atoms with Gasteiger partial charge in [-0.1, -0.05) is 85.3 Å². The summed E-state index contributed by atoms with van der Waals surface area (Å²) in [7, 11) is 0. The van der Waals surface area contributed by atoms with Crippen LogP contribution in [0.5, 0.6) is 29.5 Å². The molecule has 3 saturated heterocycles. The van der Waals surface area contributed by atoms with Gasteiger partial charge < -0.3 is 63.5 Å². The van der Waals surface area contributed by atoms with Crippen molar-refractivity contribution in [3.05, 3.63) is 203 Å². The molecule has 28 nitrogen and oxygen atoms in total. The molecule has 0 aliphatic carbocycles. The Kier molecular flexibility index (Phi) is 26.6. The quantitative estimate of drug-likeness (QED) is 0.0203. The number of hydrogen-bond donors (Lipinski definition) is 7. The van der Waals surface area contributed by atoms with Gasteiger partial charge in [-0.05, 0) is 83.6 Å². The molecular weight excluding hydrogens is 1250 g/mol. The van der Waals surface area contributed by atoms with Gasteiger partial charge in [-0.3, -0.25) is 31.2 Å². The number of rotatable bonds is 26. The predicted molar refractivity (Wildman–Crippen MR) is 373 cm³/mol. The molecule has 1 atom stereocenters. The summed E-state index contributed by atoms with van der Waals surface area (Å²) in [5, 5.41) is 51.3. The number of anilines is 6. The van der Waals surface area contributed by atoms with Gasteiger partial charge in [-0.2, -0.15) is 45.2 Å². The average molecular weight is 1330 g/mol. The third-order valence-corrected chi connectivity index (χ3v) is 15.0. The standard InChI is InChI=1S/C24H28N6O3.C23H26N6O4.C23H26N6O3/c1-2-18-6-5-7-19(14-18)16-26-29-22-15-23(30-10-12-32-13-11-30)28-24(27-22)33-17-21(31)20-8-3-4-9-25-20;30-16-18-3-1-2-17(12-18)14-25-28-21-13-22(29-7-10-32-11-8-29)27-23(26-21)33-9-6-19-4-5-20(31)15-24-19;1-17-3-2-4-18(13-17)15-25-28-21-14-22(29-8-11-31-12-9-29)27-23(26-21)32-10-7-19-5-6-20(30)16-24-19/h3-9,14-16,21,31H,2,10-13,17H2,1H3,(H,27,28,29);1-5,12-15,30-31H,6-11,16H2,(H,26,27,28);2-6,13-16,30H,7-12H2,1H3,(H,26,27,28). The Balaban J connectivity index is 0.000000159. The van der Waals surface area contributed by atoms with E-state index >= 15 is 0 Å².